The number of carbonyl (C=O) groups is 2. The van der Waals surface area contributed by atoms with Crippen LogP contribution in [0, 0.1) is 11.7 Å². The standard InChI is InChI=1S/C18H20FNO4/c19-15-4-5-16-13(9-15)8-14(11-24-16)18(23)20-7-1-2-12(10-20)3-6-17(21)22/h4-5,8-9,12H,1-3,6-7,10-11H2,(H,21,22). The number of benzene rings is 1. The largest absolute Gasteiger partial charge is 0.488 e. The number of nitrogens with zero attached hydrogens (tertiary/aromatic N) is 1. The van der Waals surface area contributed by atoms with Crippen molar-refractivity contribution in [1.29, 1.82) is 0 Å². The maximum Gasteiger partial charge on any atom is 0.303 e. The summed E-state index contributed by atoms with van der Waals surface area (Å²) in [7, 11) is 0. The summed E-state index contributed by atoms with van der Waals surface area (Å²) in [5.41, 5.74) is 1.08. The predicted molar refractivity (Wildman–Crippen MR) is 86.0 cm³/mol. The summed E-state index contributed by atoms with van der Waals surface area (Å²) >= 11 is 0. The van der Waals surface area contributed by atoms with Crippen LogP contribution in [0.1, 0.15) is 31.2 Å². The molecule has 2 aliphatic heterocycles. The number of hydrogen-bond acceptors (Lipinski definition) is 3. The molecule has 2 aliphatic rings. The van der Waals surface area contributed by atoms with E-state index in [1.807, 2.05) is 0 Å². The first-order chi connectivity index (χ1) is 11.5. The molecule has 128 valence electrons. The molecule has 0 radical (unpaired) electrons. The van der Waals surface area contributed by atoms with Crippen LogP contribution in [-0.4, -0.2) is 41.6 Å². The first-order valence-electron chi connectivity index (χ1n) is 8.17. The Bertz CT molecular complexity index is 686. The van der Waals surface area contributed by atoms with E-state index in [0.717, 1.165) is 12.8 Å². The van der Waals surface area contributed by atoms with Crippen molar-refractivity contribution < 1.29 is 23.8 Å². The van der Waals surface area contributed by atoms with Gasteiger partial charge in [0, 0.05) is 25.1 Å². The zero-order valence-corrected chi connectivity index (χ0v) is 13.3. The van der Waals surface area contributed by atoms with Crippen molar-refractivity contribution >= 4 is 18.0 Å². The third-order valence-corrected chi connectivity index (χ3v) is 4.53. The fourth-order valence-electron chi connectivity index (χ4n) is 3.29. The second-order valence-corrected chi connectivity index (χ2v) is 6.33. The maximum atomic E-state index is 13.4. The van der Waals surface area contributed by atoms with E-state index >= 15 is 0 Å². The summed E-state index contributed by atoms with van der Waals surface area (Å²) in [5, 5.41) is 8.80. The monoisotopic (exact) mass is 333 g/mol. The summed E-state index contributed by atoms with van der Waals surface area (Å²) in [4.78, 5) is 25.2. The lowest BCUT2D eigenvalue weighted by Gasteiger charge is -2.33. The molecule has 1 unspecified atom stereocenters. The van der Waals surface area contributed by atoms with Crippen molar-refractivity contribution in [3.8, 4) is 5.75 Å². The number of aliphatic carboxylic acids is 1. The number of rotatable bonds is 4. The van der Waals surface area contributed by atoms with Crippen molar-refractivity contribution in [2.45, 2.75) is 25.7 Å². The zero-order chi connectivity index (χ0) is 17.1. The summed E-state index contributed by atoms with van der Waals surface area (Å²) in [6.45, 7) is 1.41. The van der Waals surface area contributed by atoms with Gasteiger partial charge in [0.1, 0.15) is 18.2 Å². The van der Waals surface area contributed by atoms with Crippen LogP contribution in [0.4, 0.5) is 4.39 Å². The van der Waals surface area contributed by atoms with Gasteiger partial charge in [-0.2, -0.15) is 0 Å². The molecule has 0 spiro atoms. The van der Waals surface area contributed by atoms with Crippen LogP contribution in [0.2, 0.25) is 0 Å². The number of halogens is 1. The average Bonchev–Trinajstić information content (AvgIpc) is 2.59. The highest BCUT2D eigenvalue weighted by atomic mass is 19.1. The van der Waals surface area contributed by atoms with Crippen LogP contribution in [0.5, 0.6) is 5.75 Å². The molecule has 1 saturated heterocycles. The Kier molecular flexibility index (Phi) is 4.83. The van der Waals surface area contributed by atoms with Crippen LogP contribution in [0.25, 0.3) is 6.08 Å². The third-order valence-electron chi connectivity index (χ3n) is 4.53. The second-order valence-electron chi connectivity index (χ2n) is 6.33. The SMILES string of the molecule is O=C(O)CCC1CCCN(C(=O)C2=Cc3cc(F)ccc3OC2)C1. The first kappa shape index (κ1) is 16.5. The number of carbonyl (C=O) groups excluding carboxylic acids is 1. The minimum atomic E-state index is -0.805. The van der Waals surface area contributed by atoms with Crippen molar-refractivity contribution in [2.75, 3.05) is 19.7 Å². The molecule has 0 aliphatic carbocycles. The molecule has 1 aromatic rings. The van der Waals surface area contributed by atoms with Gasteiger partial charge in [-0.05, 0) is 49.5 Å². The van der Waals surface area contributed by atoms with Gasteiger partial charge in [0.25, 0.3) is 5.91 Å². The van der Waals surface area contributed by atoms with Crippen LogP contribution >= 0.6 is 0 Å². The normalized spacial score (nSPS) is 20.0. The molecule has 5 nitrogen and oxygen atoms in total. The van der Waals surface area contributed by atoms with Gasteiger partial charge in [-0.3, -0.25) is 9.59 Å². The maximum absolute atomic E-state index is 13.4. The van der Waals surface area contributed by atoms with E-state index in [9.17, 15) is 14.0 Å². The Morgan fingerprint density at radius 3 is 3.00 bits per heavy atom. The van der Waals surface area contributed by atoms with Gasteiger partial charge in [-0.25, -0.2) is 4.39 Å². The molecule has 0 saturated carbocycles. The molecule has 1 N–H and O–H groups in total. The van der Waals surface area contributed by atoms with Crippen LogP contribution in [0.3, 0.4) is 0 Å². The predicted octanol–water partition coefficient (Wildman–Crippen LogP) is 2.70. The van der Waals surface area contributed by atoms with Gasteiger partial charge in [0.05, 0.1) is 5.57 Å². The van der Waals surface area contributed by atoms with Gasteiger partial charge in [-0.1, -0.05) is 0 Å². The number of amides is 1. The molecule has 0 bridgehead atoms. The lowest BCUT2D eigenvalue weighted by Crippen LogP contribution is -2.41. The van der Waals surface area contributed by atoms with Crippen molar-refractivity contribution in [1.82, 2.24) is 4.90 Å². The molecule has 3 rings (SSSR count). The molecular formula is C18H20FNO4. The lowest BCUT2D eigenvalue weighted by atomic mass is 9.93. The molecule has 1 fully saturated rings. The number of piperidine rings is 1. The molecule has 1 aromatic carbocycles. The fraction of sp³-hybridized carbons (Fsp3) is 0.444. The van der Waals surface area contributed by atoms with Gasteiger partial charge >= 0.3 is 5.97 Å². The Labute approximate surface area is 139 Å². The molecular weight excluding hydrogens is 313 g/mol. The van der Waals surface area contributed by atoms with Crippen LogP contribution < -0.4 is 4.74 Å². The molecule has 1 amide bonds. The minimum absolute atomic E-state index is 0.107. The highest BCUT2D eigenvalue weighted by Crippen LogP contribution is 2.29. The van der Waals surface area contributed by atoms with Gasteiger partial charge in [0.2, 0.25) is 0 Å². The Morgan fingerprint density at radius 2 is 2.21 bits per heavy atom. The number of carboxylic acids is 1. The zero-order valence-electron chi connectivity index (χ0n) is 13.3. The highest BCUT2D eigenvalue weighted by molar-refractivity contribution is 5.99. The Morgan fingerprint density at radius 1 is 1.38 bits per heavy atom. The van der Waals surface area contributed by atoms with E-state index in [2.05, 4.69) is 0 Å². The van der Waals surface area contributed by atoms with E-state index < -0.39 is 5.97 Å². The quantitative estimate of drug-likeness (QED) is 0.920. The Hall–Kier alpha value is -2.37. The minimum Gasteiger partial charge on any atom is -0.488 e. The first-order valence-corrected chi connectivity index (χ1v) is 8.17. The summed E-state index contributed by atoms with van der Waals surface area (Å²) in [6, 6.07) is 4.25. The number of ether oxygens (including phenoxy) is 1. The lowest BCUT2D eigenvalue weighted by molar-refractivity contribution is -0.137. The summed E-state index contributed by atoms with van der Waals surface area (Å²) < 4.78 is 18.9. The summed E-state index contributed by atoms with van der Waals surface area (Å²) in [5.74, 6) is -0.487. The van der Waals surface area contributed by atoms with Crippen molar-refractivity contribution in [3.05, 3.63) is 35.2 Å². The number of hydrogen-bond donors (Lipinski definition) is 1. The molecule has 2 heterocycles. The van der Waals surface area contributed by atoms with Crippen molar-refractivity contribution in [2.24, 2.45) is 5.92 Å². The van der Waals surface area contributed by atoms with Crippen LogP contribution in [-0.2, 0) is 9.59 Å². The van der Waals surface area contributed by atoms with E-state index in [1.54, 1.807) is 17.0 Å². The number of fused-ring (bicyclic) bond motifs is 1. The highest BCUT2D eigenvalue weighted by Gasteiger charge is 2.27. The fourth-order valence-corrected chi connectivity index (χ4v) is 3.29. The Balaban J connectivity index is 1.69. The summed E-state index contributed by atoms with van der Waals surface area (Å²) in [6.07, 6.45) is 4.22. The van der Waals surface area contributed by atoms with E-state index in [4.69, 9.17) is 9.84 Å². The van der Waals surface area contributed by atoms with Gasteiger partial charge < -0.3 is 14.7 Å². The smallest absolute Gasteiger partial charge is 0.303 e. The number of likely N-dealkylation sites (tertiary alicyclic amines) is 1. The van der Waals surface area contributed by atoms with E-state index in [-0.39, 0.29) is 30.7 Å². The average molecular weight is 333 g/mol. The van der Waals surface area contributed by atoms with Crippen LogP contribution in [0.15, 0.2) is 23.8 Å². The van der Waals surface area contributed by atoms with Gasteiger partial charge in [0.15, 0.2) is 0 Å². The molecule has 0 aromatic heterocycles. The molecule has 6 heteroatoms. The topological polar surface area (TPSA) is 66.8 Å². The number of carboxylic acid groups (broad SMARTS) is 1. The van der Waals surface area contributed by atoms with Gasteiger partial charge in [-0.15, -0.1) is 0 Å². The molecule has 24 heavy (non-hydrogen) atoms. The van der Waals surface area contributed by atoms with E-state index in [0.29, 0.717) is 36.4 Å². The van der Waals surface area contributed by atoms with E-state index in [1.165, 1.54) is 12.1 Å². The second kappa shape index (κ2) is 7.03. The molecule has 1 atom stereocenters. The third kappa shape index (κ3) is 3.75. The van der Waals surface area contributed by atoms with Crippen molar-refractivity contribution in [3.63, 3.8) is 0 Å².